The van der Waals surface area contributed by atoms with E-state index in [0.717, 1.165) is 24.2 Å². The van der Waals surface area contributed by atoms with E-state index in [1.165, 1.54) is 0 Å². The predicted molar refractivity (Wildman–Crippen MR) is 130 cm³/mol. The summed E-state index contributed by atoms with van der Waals surface area (Å²) in [4.78, 5) is 22.7. The van der Waals surface area contributed by atoms with Crippen LogP contribution in [0.25, 0.3) is 0 Å². The van der Waals surface area contributed by atoms with Crippen LogP contribution in [0.5, 0.6) is 0 Å². The number of halogens is 1. The van der Waals surface area contributed by atoms with Crippen molar-refractivity contribution in [2.24, 2.45) is 4.99 Å². The molecule has 10 heteroatoms. The molecule has 2 aromatic rings. The largest absolute Gasteiger partial charge is 0.377 e. The highest BCUT2D eigenvalue weighted by Gasteiger charge is 2.23. The molecule has 0 bridgehead atoms. The summed E-state index contributed by atoms with van der Waals surface area (Å²) in [6, 6.07) is 10.3. The number of nitrogens with one attached hydrogen (secondary N) is 2. The molecular weight excluding hydrogens is 509 g/mol. The van der Waals surface area contributed by atoms with Gasteiger partial charge in [-0.15, -0.1) is 24.0 Å². The quantitative estimate of drug-likeness (QED) is 0.315. The van der Waals surface area contributed by atoms with E-state index in [1.807, 2.05) is 22.9 Å². The summed E-state index contributed by atoms with van der Waals surface area (Å²) in [5.74, 6) is 2.25. The molecule has 0 spiro atoms. The molecule has 2 heterocycles. The van der Waals surface area contributed by atoms with Gasteiger partial charge in [0.25, 0.3) is 0 Å². The van der Waals surface area contributed by atoms with Gasteiger partial charge in [-0.05, 0) is 18.9 Å². The van der Waals surface area contributed by atoms with Crippen molar-refractivity contribution < 1.29 is 9.53 Å². The van der Waals surface area contributed by atoms with Crippen LogP contribution in [-0.4, -0.2) is 65.3 Å². The third kappa shape index (κ3) is 7.17. The molecule has 2 N–H and O–H groups in total. The summed E-state index contributed by atoms with van der Waals surface area (Å²) in [5, 5.41) is 11.4. The fourth-order valence-corrected chi connectivity index (χ4v) is 3.31. The molecule has 0 aliphatic carbocycles. The molecule has 0 fully saturated rings. The molecular formula is C21H32IN7O2. The lowest BCUT2D eigenvalue weighted by Crippen LogP contribution is -2.48. The lowest BCUT2D eigenvalue weighted by atomic mass is 10.1. The summed E-state index contributed by atoms with van der Waals surface area (Å²) in [6.07, 6.45) is 1.74. The third-order valence-electron chi connectivity index (χ3n) is 5.04. The number of guanidine groups is 1. The number of amides is 1. The van der Waals surface area contributed by atoms with Crippen LogP contribution < -0.4 is 10.6 Å². The van der Waals surface area contributed by atoms with Gasteiger partial charge >= 0.3 is 0 Å². The van der Waals surface area contributed by atoms with Crippen LogP contribution in [0, 0.1) is 0 Å². The Hall–Kier alpha value is -2.21. The Labute approximate surface area is 200 Å². The van der Waals surface area contributed by atoms with Crippen molar-refractivity contribution in [2.75, 3.05) is 27.7 Å². The van der Waals surface area contributed by atoms with Crippen LogP contribution in [0.3, 0.4) is 0 Å². The van der Waals surface area contributed by atoms with Crippen LogP contribution in [0.1, 0.15) is 36.6 Å². The van der Waals surface area contributed by atoms with Crippen molar-refractivity contribution in [3.8, 4) is 0 Å². The van der Waals surface area contributed by atoms with Gasteiger partial charge in [-0.25, -0.2) is 14.7 Å². The zero-order chi connectivity index (χ0) is 21.5. The first kappa shape index (κ1) is 25.1. The molecule has 0 saturated carbocycles. The van der Waals surface area contributed by atoms with Crippen LogP contribution >= 0.6 is 24.0 Å². The Morgan fingerprint density at radius 1 is 1.35 bits per heavy atom. The van der Waals surface area contributed by atoms with Crippen molar-refractivity contribution >= 4 is 35.8 Å². The average Bonchev–Trinajstić information content (AvgIpc) is 3.14. The molecule has 1 aliphatic heterocycles. The molecule has 2 atom stereocenters. The Kier molecular flexibility index (Phi) is 9.69. The lowest BCUT2D eigenvalue weighted by molar-refractivity contribution is -0.127. The van der Waals surface area contributed by atoms with Gasteiger partial charge in [0.05, 0.1) is 12.6 Å². The Balaban J connectivity index is 0.00000341. The second kappa shape index (κ2) is 12.0. The molecule has 0 radical (unpaired) electrons. The monoisotopic (exact) mass is 541 g/mol. The number of hydrogen-bond acceptors (Lipinski definition) is 5. The van der Waals surface area contributed by atoms with Crippen molar-refractivity contribution in [3.05, 3.63) is 47.5 Å². The van der Waals surface area contributed by atoms with Crippen LogP contribution in [0.15, 0.2) is 35.3 Å². The standard InChI is InChI=1S/C21H31N7O2.HI/c1-15(16-8-6-5-7-9-16)23-21(22-12-20(29)27(2)3)24-17-10-11-19-25-18(14-30-4)26-28(19)13-17;/h5-9,15,17H,10-14H2,1-4H3,(H2,22,23,24);1H. The highest BCUT2D eigenvalue weighted by atomic mass is 127. The average molecular weight is 541 g/mol. The number of rotatable bonds is 7. The zero-order valence-corrected chi connectivity index (χ0v) is 20.9. The van der Waals surface area contributed by atoms with Gasteiger partial charge < -0.3 is 20.3 Å². The third-order valence-corrected chi connectivity index (χ3v) is 5.04. The molecule has 1 aliphatic rings. The maximum absolute atomic E-state index is 12.1. The molecule has 1 aromatic heterocycles. The molecule has 9 nitrogen and oxygen atoms in total. The molecule has 1 amide bonds. The summed E-state index contributed by atoms with van der Waals surface area (Å²) in [7, 11) is 5.10. The van der Waals surface area contributed by atoms with Crippen molar-refractivity contribution in [2.45, 2.75) is 45.0 Å². The number of fused-ring (bicyclic) bond motifs is 1. The van der Waals surface area contributed by atoms with Crippen LogP contribution in [0.2, 0.25) is 0 Å². The van der Waals surface area contributed by atoms with Gasteiger partial charge in [-0.2, -0.15) is 5.10 Å². The first-order valence-electron chi connectivity index (χ1n) is 10.2. The number of carbonyl (C=O) groups is 1. The van der Waals surface area contributed by atoms with Crippen molar-refractivity contribution in [3.63, 3.8) is 0 Å². The number of aromatic nitrogens is 3. The highest BCUT2D eigenvalue weighted by molar-refractivity contribution is 14.0. The van der Waals surface area contributed by atoms with Gasteiger partial charge in [-0.1, -0.05) is 30.3 Å². The smallest absolute Gasteiger partial charge is 0.243 e. The van der Waals surface area contributed by atoms with E-state index in [9.17, 15) is 4.79 Å². The van der Waals surface area contributed by atoms with Gasteiger partial charge in [-0.3, -0.25) is 4.79 Å². The van der Waals surface area contributed by atoms with E-state index in [-0.39, 0.29) is 48.5 Å². The minimum Gasteiger partial charge on any atom is -0.377 e. The van der Waals surface area contributed by atoms with Gasteiger partial charge in [0, 0.05) is 33.7 Å². The van der Waals surface area contributed by atoms with Crippen molar-refractivity contribution in [1.82, 2.24) is 30.3 Å². The summed E-state index contributed by atoms with van der Waals surface area (Å²) in [5.41, 5.74) is 1.15. The van der Waals surface area contributed by atoms with Gasteiger partial charge in [0.15, 0.2) is 11.8 Å². The summed E-state index contributed by atoms with van der Waals surface area (Å²) in [6.45, 7) is 3.26. The fraction of sp³-hybridized carbons (Fsp3) is 0.524. The first-order chi connectivity index (χ1) is 14.5. The second-order valence-corrected chi connectivity index (χ2v) is 7.67. The minimum atomic E-state index is -0.0464. The van der Waals surface area contributed by atoms with E-state index in [1.54, 1.807) is 26.1 Å². The van der Waals surface area contributed by atoms with Gasteiger partial charge in [0.2, 0.25) is 5.91 Å². The number of methoxy groups -OCH3 is 1. The van der Waals surface area contributed by atoms with E-state index >= 15 is 0 Å². The Morgan fingerprint density at radius 3 is 2.77 bits per heavy atom. The number of aliphatic imine (C=N–C) groups is 1. The molecule has 0 saturated heterocycles. The number of likely N-dealkylation sites (N-methyl/N-ethyl adjacent to an activating group) is 1. The summed E-state index contributed by atoms with van der Waals surface area (Å²) >= 11 is 0. The van der Waals surface area contributed by atoms with E-state index in [0.29, 0.717) is 24.9 Å². The molecule has 31 heavy (non-hydrogen) atoms. The Morgan fingerprint density at radius 2 is 2.10 bits per heavy atom. The fourth-order valence-electron chi connectivity index (χ4n) is 3.31. The Bertz CT molecular complexity index is 870. The highest BCUT2D eigenvalue weighted by Crippen LogP contribution is 2.15. The zero-order valence-electron chi connectivity index (χ0n) is 18.5. The van der Waals surface area contributed by atoms with Crippen LogP contribution in [0.4, 0.5) is 0 Å². The van der Waals surface area contributed by atoms with E-state index in [4.69, 9.17) is 4.74 Å². The van der Waals surface area contributed by atoms with Gasteiger partial charge in [0.1, 0.15) is 19.0 Å². The number of ether oxygens (including phenoxy) is 1. The van der Waals surface area contributed by atoms with E-state index in [2.05, 4.69) is 44.8 Å². The second-order valence-electron chi connectivity index (χ2n) is 7.67. The first-order valence-corrected chi connectivity index (χ1v) is 10.2. The number of hydrogen-bond donors (Lipinski definition) is 2. The van der Waals surface area contributed by atoms with Crippen molar-refractivity contribution in [1.29, 1.82) is 0 Å². The number of benzene rings is 1. The normalized spacial score (nSPS) is 16.6. The number of aryl methyl sites for hydroxylation is 1. The molecule has 170 valence electrons. The molecule has 1 aromatic carbocycles. The number of nitrogens with zero attached hydrogens (tertiary/aromatic N) is 5. The summed E-state index contributed by atoms with van der Waals surface area (Å²) < 4.78 is 7.07. The maximum Gasteiger partial charge on any atom is 0.243 e. The van der Waals surface area contributed by atoms with Crippen LogP contribution in [-0.2, 0) is 29.1 Å². The molecule has 2 unspecified atom stereocenters. The number of carbonyl (C=O) groups excluding carboxylic acids is 1. The maximum atomic E-state index is 12.1. The van der Waals surface area contributed by atoms with E-state index < -0.39 is 0 Å². The lowest BCUT2D eigenvalue weighted by Gasteiger charge is -2.27. The SMILES string of the molecule is COCc1nc2n(n1)CC(NC(=NCC(=O)N(C)C)NC(C)c1ccccc1)CC2.I. The predicted octanol–water partition coefficient (Wildman–Crippen LogP) is 1.74. The molecule has 3 rings (SSSR count). The minimum absolute atomic E-state index is 0. The topological polar surface area (TPSA) is 96.7 Å².